The smallest absolute Gasteiger partial charge is 0.333 e. The van der Waals surface area contributed by atoms with E-state index in [0.29, 0.717) is 27.3 Å². The number of carboxylic acid groups (broad SMARTS) is 1. The number of imidazole rings is 1. The van der Waals surface area contributed by atoms with Crippen LogP contribution in [0.4, 0.5) is 0 Å². The van der Waals surface area contributed by atoms with E-state index in [2.05, 4.69) is 5.32 Å². The quantitative estimate of drug-likeness (QED) is 0.336. The van der Waals surface area contributed by atoms with E-state index < -0.39 is 17.9 Å². The molecule has 0 aliphatic heterocycles. The Labute approximate surface area is 219 Å². The van der Waals surface area contributed by atoms with E-state index in [1.165, 1.54) is 21.3 Å². The molecule has 0 saturated carbocycles. The number of fused-ring (bicyclic) bond motifs is 1. The molecular weight excluding hydrogens is 536 g/mol. The number of amides is 1. The number of hydrogen-bond acceptors (Lipinski definition) is 3. The second kappa shape index (κ2) is 9.95. The number of carbonyl (C=O) groups is 2. The fraction of sp³-hybridized carbons (Fsp3) is 0.125. The molecule has 0 unspecified atom stereocenters. The first-order valence-corrected chi connectivity index (χ1v) is 11.7. The van der Waals surface area contributed by atoms with E-state index in [1.807, 2.05) is 0 Å². The summed E-state index contributed by atoms with van der Waals surface area (Å²) in [6.07, 6.45) is -0.0185. The van der Waals surface area contributed by atoms with E-state index in [0.717, 1.165) is 0 Å². The van der Waals surface area contributed by atoms with Crippen LogP contribution in [0.3, 0.4) is 0 Å². The van der Waals surface area contributed by atoms with Gasteiger partial charge in [-0.3, -0.25) is 13.9 Å². The van der Waals surface area contributed by atoms with Crippen LogP contribution in [0.2, 0.25) is 20.1 Å². The van der Waals surface area contributed by atoms with Crippen LogP contribution < -0.4 is 11.0 Å². The van der Waals surface area contributed by atoms with Crippen molar-refractivity contribution >= 4 is 69.3 Å². The molecule has 1 heterocycles. The van der Waals surface area contributed by atoms with Crippen LogP contribution in [0.15, 0.2) is 59.4 Å². The maximum atomic E-state index is 12.8. The minimum atomic E-state index is -1.26. The van der Waals surface area contributed by atoms with Crippen LogP contribution in [-0.2, 0) is 18.3 Å². The number of para-hydroxylation sites is 1. The number of halogens is 4. The highest BCUT2D eigenvalue weighted by atomic mass is 35.5. The number of nitrogens with one attached hydrogen (secondary N) is 1. The number of rotatable bonds is 6. The first kappa shape index (κ1) is 25.1. The zero-order valence-corrected chi connectivity index (χ0v) is 21.1. The Kier molecular flexibility index (Phi) is 7.15. The molecule has 0 spiro atoms. The Balaban J connectivity index is 1.60. The third kappa shape index (κ3) is 4.90. The second-order valence-corrected chi connectivity index (χ2v) is 9.42. The second-order valence-electron chi connectivity index (χ2n) is 7.76. The largest absolute Gasteiger partial charge is 0.480 e. The van der Waals surface area contributed by atoms with Gasteiger partial charge in [0.15, 0.2) is 0 Å². The van der Waals surface area contributed by atoms with Crippen molar-refractivity contribution < 1.29 is 14.7 Å². The summed E-state index contributed by atoms with van der Waals surface area (Å²) in [7, 11) is 1.66. The van der Waals surface area contributed by atoms with Gasteiger partial charge < -0.3 is 10.4 Å². The molecule has 4 aromatic rings. The molecule has 0 saturated heterocycles. The standard InChI is InChI=1S/C24H17Cl4N3O4/c1-30-19-4-2-3-15(26)21(19)31(24(30)35)14-7-5-12(6-8-14)9-18(23(33)34)29-22(32)20-16(27)10-13(25)11-17(20)28/h2-8,10-11,18H,9H2,1H3,(H,29,32)(H,33,34)/t18-/m0/s1. The lowest BCUT2D eigenvalue weighted by Crippen LogP contribution is -2.42. The van der Waals surface area contributed by atoms with E-state index >= 15 is 0 Å². The van der Waals surface area contributed by atoms with E-state index in [9.17, 15) is 19.5 Å². The summed E-state index contributed by atoms with van der Waals surface area (Å²) in [6, 6.07) is 13.4. The van der Waals surface area contributed by atoms with Crippen molar-refractivity contribution in [3.63, 3.8) is 0 Å². The number of hydrogen-bond donors (Lipinski definition) is 2. The average Bonchev–Trinajstić information content (AvgIpc) is 3.04. The molecule has 180 valence electrons. The highest BCUT2D eigenvalue weighted by molar-refractivity contribution is 6.42. The summed E-state index contributed by atoms with van der Waals surface area (Å²) < 4.78 is 2.99. The average molecular weight is 553 g/mol. The van der Waals surface area contributed by atoms with Gasteiger partial charge in [-0.05, 0) is 42.0 Å². The highest BCUT2D eigenvalue weighted by Gasteiger charge is 2.24. The highest BCUT2D eigenvalue weighted by Crippen LogP contribution is 2.29. The van der Waals surface area contributed by atoms with Crippen molar-refractivity contribution in [2.75, 3.05) is 0 Å². The topological polar surface area (TPSA) is 93.3 Å². The van der Waals surface area contributed by atoms with Gasteiger partial charge >= 0.3 is 11.7 Å². The molecule has 1 amide bonds. The molecule has 11 heteroatoms. The van der Waals surface area contributed by atoms with Crippen molar-refractivity contribution in [2.45, 2.75) is 12.5 Å². The number of aliphatic carboxylic acids is 1. The summed E-state index contributed by atoms with van der Waals surface area (Å²) in [5.41, 5.74) is 2.10. The predicted molar refractivity (Wildman–Crippen MR) is 138 cm³/mol. The van der Waals surface area contributed by atoms with Gasteiger partial charge in [-0.15, -0.1) is 0 Å². The number of benzene rings is 3. The van der Waals surface area contributed by atoms with Gasteiger partial charge in [0.1, 0.15) is 6.04 Å². The Hall–Kier alpha value is -2.97. The Bertz CT molecular complexity index is 1500. The molecule has 2 N–H and O–H groups in total. The Morgan fingerprint density at radius 2 is 1.60 bits per heavy atom. The molecule has 7 nitrogen and oxygen atoms in total. The van der Waals surface area contributed by atoms with Crippen LogP contribution in [0, 0.1) is 0 Å². The molecule has 3 aromatic carbocycles. The lowest BCUT2D eigenvalue weighted by atomic mass is 10.0. The minimum Gasteiger partial charge on any atom is -0.480 e. The van der Waals surface area contributed by atoms with Crippen LogP contribution in [0.25, 0.3) is 16.7 Å². The number of carbonyl (C=O) groups excluding carboxylic acids is 1. The van der Waals surface area contributed by atoms with Gasteiger partial charge in [0.25, 0.3) is 5.91 Å². The summed E-state index contributed by atoms with van der Waals surface area (Å²) in [5.74, 6) is -1.97. The maximum Gasteiger partial charge on any atom is 0.333 e. The SMILES string of the molecule is Cn1c(=O)n(-c2ccc(C[C@H](NC(=O)c3c(Cl)cc(Cl)cc3Cl)C(=O)O)cc2)c2c(Cl)cccc21. The minimum absolute atomic E-state index is 0.00711. The van der Waals surface area contributed by atoms with Gasteiger partial charge in [0, 0.05) is 18.5 Å². The van der Waals surface area contributed by atoms with Gasteiger partial charge in [-0.25, -0.2) is 9.59 Å². The van der Waals surface area contributed by atoms with Crippen molar-refractivity contribution in [1.29, 1.82) is 0 Å². The van der Waals surface area contributed by atoms with E-state index in [-0.39, 0.29) is 32.7 Å². The maximum absolute atomic E-state index is 12.8. The molecular formula is C24H17Cl4N3O4. The molecule has 1 aromatic heterocycles. The number of carboxylic acids is 1. The normalized spacial score (nSPS) is 12.0. The van der Waals surface area contributed by atoms with Crippen molar-refractivity contribution in [3.8, 4) is 5.69 Å². The summed E-state index contributed by atoms with van der Waals surface area (Å²) in [6.45, 7) is 0. The summed E-state index contributed by atoms with van der Waals surface area (Å²) in [5, 5.41) is 12.8. The van der Waals surface area contributed by atoms with Crippen LogP contribution in [-0.4, -0.2) is 32.2 Å². The van der Waals surface area contributed by atoms with Crippen molar-refractivity contribution in [3.05, 3.63) is 96.3 Å². The number of aryl methyl sites for hydroxylation is 1. The first-order chi connectivity index (χ1) is 16.6. The van der Waals surface area contributed by atoms with Crippen LogP contribution in [0.1, 0.15) is 15.9 Å². The van der Waals surface area contributed by atoms with Gasteiger partial charge in [0.05, 0.1) is 37.4 Å². The number of aromatic nitrogens is 2. The van der Waals surface area contributed by atoms with E-state index in [1.54, 1.807) is 49.5 Å². The van der Waals surface area contributed by atoms with Gasteiger partial charge in [0.2, 0.25) is 0 Å². The van der Waals surface area contributed by atoms with Crippen molar-refractivity contribution in [1.82, 2.24) is 14.5 Å². The first-order valence-electron chi connectivity index (χ1n) is 10.2. The lowest BCUT2D eigenvalue weighted by molar-refractivity contribution is -0.139. The number of nitrogens with zero attached hydrogens (tertiary/aromatic N) is 2. The monoisotopic (exact) mass is 551 g/mol. The van der Waals surface area contributed by atoms with Crippen molar-refractivity contribution in [2.24, 2.45) is 7.05 Å². The van der Waals surface area contributed by atoms with Gasteiger partial charge in [-0.1, -0.05) is 64.6 Å². The molecule has 1 atom stereocenters. The van der Waals surface area contributed by atoms with Crippen LogP contribution in [0.5, 0.6) is 0 Å². The molecule has 4 rings (SSSR count). The lowest BCUT2D eigenvalue weighted by Gasteiger charge is -2.16. The molecule has 0 aliphatic carbocycles. The summed E-state index contributed by atoms with van der Waals surface area (Å²) >= 11 is 24.4. The predicted octanol–water partition coefficient (Wildman–Crippen LogP) is 5.37. The Morgan fingerprint density at radius 3 is 2.20 bits per heavy atom. The van der Waals surface area contributed by atoms with Crippen LogP contribution >= 0.6 is 46.4 Å². The molecule has 0 bridgehead atoms. The van der Waals surface area contributed by atoms with Gasteiger partial charge in [-0.2, -0.15) is 0 Å². The fourth-order valence-electron chi connectivity index (χ4n) is 3.79. The third-order valence-electron chi connectivity index (χ3n) is 5.50. The zero-order valence-electron chi connectivity index (χ0n) is 18.1. The summed E-state index contributed by atoms with van der Waals surface area (Å²) in [4.78, 5) is 37.4. The molecule has 0 radical (unpaired) electrons. The third-order valence-corrected chi connectivity index (χ3v) is 6.62. The molecule has 0 fully saturated rings. The molecule has 0 aliphatic rings. The zero-order chi connectivity index (χ0) is 25.4. The fourth-order valence-corrected chi connectivity index (χ4v) is 5.03. The molecule has 35 heavy (non-hydrogen) atoms. The van der Waals surface area contributed by atoms with E-state index in [4.69, 9.17) is 46.4 Å². The Morgan fingerprint density at radius 1 is 0.971 bits per heavy atom.